The van der Waals surface area contributed by atoms with Crippen molar-refractivity contribution in [1.82, 2.24) is 4.90 Å². The Kier molecular flexibility index (Phi) is 3.45. The van der Waals surface area contributed by atoms with Gasteiger partial charge in [-0.3, -0.25) is 4.90 Å². The molecule has 2 N–H and O–H groups in total. The first-order chi connectivity index (χ1) is 8.28. The zero-order chi connectivity index (χ0) is 11.8. The summed E-state index contributed by atoms with van der Waals surface area (Å²) in [7, 11) is 0. The van der Waals surface area contributed by atoms with Gasteiger partial charge < -0.3 is 5.73 Å². The molecule has 0 amide bonds. The van der Waals surface area contributed by atoms with Crippen LogP contribution < -0.4 is 5.73 Å². The summed E-state index contributed by atoms with van der Waals surface area (Å²) in [5.74, 6) is 1.02. The molecule has 2 unspecified atom stereocenters. The number of rotatable bonds is 2. The Hall–Kier alpha value is -0.0800. The molecule has 0 spiro atoms. The van der Waals surface area contributed by atoms with E-state index in [1.54, 1.807) is 0 Å². The number of nitrogens with zero attached hydrogens (tertiary/aromatic N) is 1. The molecule has 0 aromatic carbocycles. The molecule has 2 heterocycles. The quantitative estimate of drug-likeness (QED) is 0.799. The summed E-state index contributed by atoms with van der Waals surface area (Å²) in [6.07, 6.45) is 12.6. The van der Waals surface area contributed by atoms with E-state index in [0.29, 0.717) is 6.04 Å². The highest BCUT2D eigenvalue weighted by atomic mass is 15.3. The molecule has 0 radical (unpaired) electrons. The van der Waals surface area contributed by atoms with Gasteiger partial charge in [-0.25, -0.2) is 0 Å². The molecule has 17 heavy (non-hydrogen) atoms. The standard InChI is InChI=1S/C15H28N2/c1-2-11-3-5-13(6-4-11)17-14-7-8-15(17)10-12(16)9-14/h11-15H,2-10,16H2,1H3. The lowest BCUT2D eigenvalue weighted by atomic mass is 9.82. The van der Waals surface area contributed by atoms with E-state index in [4.69, 9.17) is 5.73 Å². The number of piperidine rings is 1. The van der Waals surface area contributed by atoms with E-state index in [9.17, 15) is 0 Å². The molecule has 1 aliphatic carbocycles. The number of fused-ring (bicyclic) bond motifs is 2. The first-order valence-corrected chi connectivity index (χ1v) is 7.81. The van der Waals surface area contributed by atoms with Crippen molar-refractivity contribution in [3.8, 4) is 0 Å². The van der Waals surface area contributed by atoms with Gasteiger partial charge in [0.15, 0.2) is 0 Å². The van der Waals surface area contributed by atoms with Crippen LogP contribution in [0.15, 0.2) is 0 Å². The monoisotopic (exact) mass is 236 g/mol. The average Bonchev–Trinajstić information content (AvgIpc) is 2.62. The van der Waals surface area contributed by atoms with E-state index in [0.717, 1.165) is 24.0 Å². The molecule has 2 heteroatoms. The molecular weight excluding hydrogens is 208 g/mol. The molecule has 2 aliphatic heterocycles. The van der Waals surface area contributed by atoms with Gasteiger partial charge in [0.2, 0.25) is 0 Å². The summed E-state index contributed by atoms with van der Waals surface area (Å²) in [5.41, 5.74) is 6.16. The Bertz CT molecular complexity index is 244. The van der Waals surface area contributed by atoms with Crippen molar-refractivity contribution in [1.29, 1.82) is 0 Å². The minimum absolute atomic E-state index is 0.496. The highest BCUT2D eigenvalue weighted by Gasteiger charge is 2.43. The largest absolute Gasteiger partial charge is 0.328 e. The molecule has 2 saturated heterocycles. The maximum Gasteiger partial charge on any atom is 0.0116 e. The third kappa shape index (κ3) is 2.26. The van der Waals surface area contributed by atoms with Crippen LogP contribution >= 0.6 is 0 Å². The fraction of sp³-hybridized carbons (Fsp3) is 1.00. The lowest BCUT2D eigenvalue weighted by Gasteiger charge is -2.45. The average molecular weight is 236 g/mol. The fourth-order valence-corrected chi connectivity index (χ4v) is 4.70. The summed E-state index contributed by atoms with van der Waals surface area (Å²) >= 11 is 0. The van der Waals surface area contributed by atoms with Crippen molar-refractivity contribution < 1.29 is 0 Å². The molecule has 1 saturated carbocycles. The highest BCUT2D eigenvalue weighted by Crippen LogP contribution is 2.41. The summed E-state index contributed by atoms with van der Waals surface area (Å²) in [6, 6.07) is 3.08. The third-order valence-corrected chi connectivity index (χ3v) is 5.64. The van der Waals surface area contributed by atoms with Crippen LogP contribution in [0.25, 0.3) is 0 Å². The zero-order valence-electron chi connectivity index (χ0n) is 11.3. The maximum absolute atomic E-state index is 6.16. The minimum Gasteiger partial charge on any atom is -0.328 e. The summed E-state index contributed by atoms with van der Waals surface area (Å²) in [6.45, 7) is 2.36. The van der Waals surface area contributed by atoms with E-state index < -0.39 is 0 Å². The van der Waals surface area contributed by atoms with Gasteiger partial charge in [0.1, 0.15) is 0 Å². The van der Waals surface area contributed by atoms with Crippen LogP contribution in [0.5, 0.6) is 0 Å². The van der Waals surface area contributed by atoms with Crippen molar-refractivity contribution in [3.63, 3.8) is 0 Å². The van der Waals surface area contributed by atoms with Crippen LogP contribution in [0.3, 0.4) is 0 Å². The molecule has 0 aromatic rings. The topological polar surface area (TPSA) is 29.3 Å². The first kappa shape index (κ1) is 12.0. The normalized spacial score (nSPS) is 47.3. The van der Waals surface area contributed by atoms with Gasteiger partial charge in [0.05, 0.1) is 0 Å². The van der Waals surface area contributed by atoms with Crippen molar-refractivity contribution >= 4 is 0 Å². The smallest absolute Gasteiger partial charge is 0.0116 e. The second-order valence-corrected chi connectivity index (χ2v) is 6.65. The summed E-state index contributed by atoms with van der Waals surface area (Å²) in [5, 5.41) is 0. The predicted molar refractivity (Wildman–Crippen MR) is 71.9 cm³/mol. The minimum atomic E-state index is 0.496. The molecule has 0 aromatic heterocycles. The van der Waals surface area contributed by atoms with Crippen LogP contribution in [0.1, 0.15) is 64.7 Å². The molecule has 2 bridgehead atoms. The molecule has 3 aliphatic rings. The second kappa shape index (κ2) is 4.89. The van der Waals surface area contributed by atoms with Gasteiger partial charge in [-0.15, -0.1) is 0 Å². The Labute approximate surface area is 106 Å². The van der Waals surface area contributed by atoms with Gasteiger partial charge in [-0.2, -0.15) is 0 Å². The fourth-order valence-electron chi connectivity index (χ4n) is 4.70. The van der Waals surface area contributed by atoms with Crippen LogP contribution in [0.4, 0.5) is 0 Å². The molecule has 98 valence electrons. The maximum atomic E-state index is 6.16. The Balaban J connectivity index is 1.62. The van der Waals surface area contributed by atoms with Gasteiger partial charge in [-0.1, -0.05) is 13.3 Å². The van der Waals surface area contributed by atoms with Crippen LogP contribution in [-0.4, -0.2) is 29.1 Å². The molecule has 3 fully saturated rings. The van der Waals surface area contributed by atoms with Gasteiger partial charge in [-0.05, 0) is 57.3 Å². The number of nitrogens with two attached hydrogens (primary N) is 1. The summed E-state index contributed by atoms with van der Waals surface area (Å²) < 4.78 is 0. The Morgan fingerprint density at radius 3 is 1.94 bits per heavy atom. The highest BCUT2D eigenvalue weighted by molar-refractivity contribution is 5.00. The van der Waals surface area contributed by atoms with Gasteiger partial charge >= 0.3 is 0 Å². The van der Waals surface area contributed by atoms with Crippen LogP contribution in [0, 0.1) is 5.92 Å². The number of hydrogen-bond acceptors (Lipinski definition) is 2. The summed E-state index contributed by atoms with van der Waals surface area (Å²) in [4.78, 5) is 2.90. The SMILES string of the molecule is CCC1CCC(N2C3CCC2CC(N)C3)CC1. The van der Waals surface area contributed by atoms with Crippen molar-refractivity contribution in [2.45, 2.75) is 88.9 Å². The van der Waals surface area contributed by atoms with E-state index in [2.05, 4.69) is 11.8 Å². The van der Waals surface area contributed by atoms with Crippen molar-refractivity contribution in [2.24, 2.45) is 11.7 Å². The van der Waals surface area contributed by atoms with Gasteiger partial charge in [0.25, 0.3) is 0 Å². The molecular formula is C15H28N2. The van der Waals surface area contributed by atoms with E-state index in [-0.39, 0.29) is 0 Å². The number of hydrogen-bond donors (Lipinski definition) is 1. The van der Waals surface area contributed by atoms with Crippen LogP contribution in [-0.2, 0) is 0 Å². The third-order valence-electron chi connectivity index (χ3n) is 5.64. The Morgan fingerprint density at radius 1 is 0.882 bits per heavy atom. The second-order valence-electron chi connectivity index (χ2n) is 6.65. The molecule has 2 atom stereocenters. The van der Waals surface area contributed by atoms with Crippen molar-refractivity contribution in [2.75, 3.05) is 0 Å². The lowest BCUT2D eigenvalue weighted by Crippen LogP contribution is -2.52. The van der Waals surface area contributed by atoms with Crippen molar-refractivity contribution in [3.05, 3.63) is 0 Å². The van der Waals surface area contributed by atoms with E-state index in [1.165, 1.54) is 57.8 Å². The van der Waals surface area contributed by atoms with Gasteiger partial charge in [0, 0.05) is 24.2 Å². The van der Waals surface area contributed by atoms with E-state index >= 15 is 0 Å². The van der Waals surface area contributed by atoms with Crippen LogP contribution in [0.2, 0.25) is 0 Å². The molecule has 2 nitrogen and oxygen atoms in total. The molecule has 3 rings (SSSR count). The lowest BCUT2D eigenvalue weighted by molar-refractivity contribution is 0.0486. The first-order valence-electron chi connectivity index (χ1n) is 7.81. The Morgan fingerprint density at radius 2 is 1.41 bits per heavy atom. The zero-order valence-corrected chi connectivity index (χ0v) is 11.3. The van der Waals surface area contributed by atoms with E-state index in [1.807, 2.05) is 0 Å². The predicted octanol–water partition coefficient (Wildman–Crippen LogP) is 2.91.